The second kappa shape index (κ2) is 6.76. The Morgan fingerprint density at radius 1 is 1.33 bits per heavy atom. The molecule has 2 N–H and O–H groups in total. The third kappa shape index (κ3) is 5.11. The molecule has 0 saturated heterocycles. The van der Waals surface area contributed by atoms with Gasteiger partial charge < -0.3 is 20.1 Å². The minimum Gasteiger partial charge on any atom is -0.355 e. The molecule has 0 aliphatic heterocycles. The zero-order valence-corrected chi connectivity index (χ0v) is 9.41. The predicted octanol–water partition coefficient (Wildman–Crippen LogP) is -0.279. The van der Waals surface area contributed by atoms with Crippen molar-refractivity contribution in [3.8, 4) is 0 Å². The summed E-state index contributed by atoms with van der Waals surface area (Å²) in [5.74, 6) is 0.475. The van der Waals surface area contributed by atoms with Crippen molar-refractivity contribution in [3.63, 3.8) is 0 Å². The number of methoxy groups -OCH3 is 2. The summed E-state index contributed by atoms with van der Waals surface area (Å²) in [4.78, 5) is 11.2. The van der Waals surface area contributed by atoms with E-state index in [2.05, 4.69) is 10.6 Å². The predicted molar refractivity (Wildman–Crippen MR) is 56.4 cm³/mol. The highest BCUT2D eigenvalue weighted by atomic mass is 16.7. The summed E-state index contributed by atoms with van der Waals surface area (Å²) in [5, 5.41) is 6.01. The molecule has 1 aliphatic rings. The fourth-order valence-corrected chi connectivity index (χ4v) is 1.25. The number of ether oxygens (including phenoxy) is 2. The molecule has 0 spiro atoms. The molecule has 15 heavy (non-hydrogen) atoms. The van der Waals surface area contributed by atoms with E-state index in [4.69, 9.17) is 9.47 Å². The van der Waals surface area contributed by atoms with Crippen LogP contribution < -0.4 is 10.6 Å². The Morgan fingerprint density at radius 3 is 2.53 bits per heavy atom. The van der Waals surface area contributed by atoms with Gasteiger partial charge in [0.1, 0.15) is 0 Å². The first-order valence-corrected chi connectivity index (χ1v) is 5.32. The zero-order valence-electron chi connectivity index (χ0n) is 9.41. The van der Waals surface area contributed by atoms with Gasteiger partial charge in [0.25, 0.3) is 0 Å². The van der Waals surface area contributed by atoms with Crippen LogP contribution in [0.3, 0.4) is 0 Å². The van der Waals surface area contributed by atoms with Crippen LogP contribution in [0.5, 0.6) is 0 Å². The molecule has 1 amide bonds. The van der Waals surface area contributed by atoms with E-state index in [0.29, 0.717) is 13.1 Å². The third-order valence-corrected chi connectivity index (χ3v) is 2.39. The molecule has 0 bridgehead atoms. The summed E-state index contributed by atoms with van der Waals surface area (Å²) in [7, 11) is 3.20. The van der Waals surface area contributed by atoms with Crippen molar-refractivity contribution in [3.05, 3.63) is 0 Å². The Labute approximate surface area is 90.5 Å². The molecule has 0 aromatic rings. The standard InChI is InChI=1S/C10H20N2O3/c1-14-9(15-2)7-11-5-6-12-10(13)8-3-4-8/h8-9,11H,3-7H2,1-2H3,(H,12,13). The Hall–Kier alpha value is -0.650. The van der Waals surface area contributed by atoms with Gasteiger partial charge in [-0.05, 0) is 12.8 Å². The second-order valence-corrected chi connectivity index (χ2v) is 3.67. The number of carbonyl (C=O) groups is 1. The van der Waals surface area contributed by atoms with E-state index in [1.165, 1.54) is 0 Å². The number of carbonyl (C=O) groups excluding carboxylic acids is 1. The molecule has 5 nitrogen and oxygen atoms in total. The third-order valence-electron chi connectivity index (χ3n) is 2.39. The summed E-state index contributed by atoms with van der Waals surface area (Å²) in [6.07, 6.45) is 1.88. The lowest BCUT2D eigenvalue weighted by molar-refractivity contribution is -0.122. The van der Waals surface area contributed by atoms with E-state index >= 15 is 0 Å². The number of hydrogen-bond acceptors (Lipinski definition) is 4. The van der Waals surface area contributed by atoms with E-state index < -0.39 is 0 Å². The van der Waals surface area contributed by atoms with Crippen molar-refractivity contribution < 1.29 is 14.3 Å². The minimum atomic E-state index is -0.218. The average Bonchev–Trinajstić information content (AvgIpc) is 3.06. The maximum absolute atomic E-state index is 11.2. The summed E-state index contributed by atoms with van der Waals surface area (Å²) in [6.45, 7) is 2.03. The second-order valence-electron chi connectivity index (χ2n) is 3.67. The van der Waals surface area contributed by atoms with Crippen LogP contribution in [-0.2, 0) is 14.3 Å². The molecule has 0 radical (unpaired) electrons. The van der Waals surface area contributed by atoms with Gasteiger partial charge in [-0.1, -0.05) is 0 Å². The van der Waals surface area contributed by atoms with Gasteiger partial charge in [0.2, 0.25) is 5.91 Å². The quantitative estimate of drug-likeness (QED) is 0.433. The normalized spacial score (nSPS) is 15.7. The van der Waals surface area contributed by atoms with E-state index in [9.17, 15) is 4.79 Å². The lowest BCUT2D eigenvalue weighted by Crippen LogP contribution is -2.36. The Bertz CT molecular complexity index is 191. The van der Waals surface area contributed by atoms with Crippen molar-refractivity contribution in [2.24, 2.45) is 5.92 Å². The fourth-order valence-electron chi connectivity index (χ4n) is 1.25. The number of rotatable bonds is 8. The summed E-state index contributed by atoms with van der Waals surface area (Å²) in [6, 6.07) is 0. The first-order valence-electron chi connectivity index (χ1n) is 5.32. The number of hydrogen-bond donors (Lipinski definition) is 2. The maximum atomic E-state index is 11.2. The largest absolute Gasteiger partial charge is 0.355 e. The van der Waals surface area contributed by atoms with Crippen LogP contribution in [0.4, 0.5) is 0 Å². The highest BCUT2D eigenvalue weighted by molar-refractivity contribution is 5.80. The number of amides is 1. The molecule has 0 unspecified atom stereocenters. The zero-order chi connectivity index (χ0) is 11.1. The van der Waals surface area contributed by atoms with Gasteiger partial charge in [-0.2, -0.15) is 0 Å². The average molecular weight is 216 g/mol. The Balaban J connectivity index is 1.89. The first-order chi connectivity index (χ1) is 7.27. The van der Waals surface area contributed by atoms with Crippen LogP contribution in [0.2, 0.25) is 0 Å². The topological polar surface area (TPSA) is 59.6 Å². The van der Waals surface area contributed by atoms with E-state index in [0.717, 1.165) is 19.4 Å². The monoisotopic (exact) mass is 216 g/mol. The Morgan fingerprint density at radius 2 is 2.00 bits per heavy atom. The SMILES string of the molecule is COC(CNCCNC(=O)C1CC1)OC. The van der Waals surface area contributed by atoms with E-state index in [1.54, 1.807) is 14.2 Å². The van der Waals surface area contributed by atoms with Crippen molar-refractivity contribution in [2.45, 2.75) is 19.1 Å². The highest BCUT2D eigenvalue weighted by Gasteiger charge is 2.28. The van der Waals surface area contributed by atoms with Crippen molar-refractivity contribution in [1.29, 1.82) is 0 Å². The van der Waals surface area contributed by atoms with Crippen molar-refractivity contribution in [2.75, 3.05) is 33.9 Å². The van der Waals surface area contributed by atoms with Gasteiger partial charge in [-0.15, -0.1) is 0 Å². The van der Waals surface area contributed by atoms with Crippen LogP contribution in [0.15, 0.2) is 0 Å². The molecule has 0 heterocycles. The lowest BCUT2D eigenvalue weighted by atomic mass is 10.4. The molecule has 0 aromatic carbocycles. The van der Waals surface area contributed by atoms with Gasteiger partial charge in [0, 0.05) is 39.8 Å². The molecular weight excluding hydrogens is 196 g/mol. The van der Waals surface area contributed by atoms with Crippen LogP contribution in [0.1, 0.15) is 12.8 Å². The van der Waals surface area contributed by atoms with Crippen LogP contribution in [0.25, 0.3) is 0 Å². The smallest absolute Gasteiger partial charge is 0.223 e. The van der Waals surface area contributed by atoms with Gasteiger partial charge in [0.15, 0.2) is 6.29 Å². The lowest BCUT2D eigenvalue weighted by Gasteiger charge is -2.14. The van der Waals surface area contributed by atoms with Crippen molar-refractivity contribution >= 4 is 5.91 Å². The fraction of sp³-hybridized carbons (Fsp3) is 0.900. The maximum Gasteiger partial charge on any atom is 0.223 e. The summed E-state index contributed by atoms with van der Waals surface area (Å²) < 4.78 is 10.0. The molecular formula is C10H20N2O3. The Kier molecular flexibility index (Phi) is 5.60. The minimum absolute atomic E-state index is 0.187. The van der Waals surface area contributed by atoms with Gasteiger partial charge in [-0.3, -0.25) is 4.79 Å². The molecule has 1 rings (SSSR count). The molecule has 5 heteroatoms. The molecule has 1 aliphatic carbocycles. The molecule has 1 saturated carbocycles. The van der Waals surface area contributed by atoms with E-state index in [1.807, 2.05) is 0 Å². The first kappa shape index (κ1) is 12.4. The summed E-state index contributed by atoms with van der Waals surface area (Å²) >= 11 is 0. The molecule has 1 fully saturated rings. The van der Waals surface area contributed by atoms with E-state index in [-0.39, 0.29) is 18.1 Å². The van der Waals surface area contributed by atoms with Crippen LogP contribution in [-0.4, -0.2) is 46.1 Å². The number of nitrogens with one attached hydrogen (secondary N) is 2. The van der Waals surface area contributed by atoms with Crippen LogP contribution in [0, 0.1) is 5.92 Å². The molecule has 0 atom stereocenters. The van der Waals surface area contributed by atoms with Crippen LogP contribution >= 0.6 is 0 Å². The molecule has 0 aromatic heterocycles. The summed E-state index contributed by atoms with van der Waals surface area (Å²) in [5.41, 5.74) is 0. The molecule has 88 valence electrons. The van der Waals surface area contributed by atoms with Gasteiger partial charge in [-0.25, -0.2) is 0 Å². The van der Waals surface area contributed by atoms with Gasteiger partial charge >= 0.3 is 0 Å². The van der Waals surface area contributed by atoms with Gasteiger partial charge in [0.05, 0.1) is 0 Å². The van der Waals surface area contributed by atoms with Crippen molar-refractivity contribution in [1.82, 2.24) is 10.6 Å². The highest BCUT2D eigenvalue weighted by Crippen LogP contribution is 2.28.